The van der Waals surface area contributed by atoms with Gasteiger partial charge in [0, 0.05) is 69.6 Å². The number of carbonyl (C=O) groups excluding carboxylic acids is 1. The summed E-state index contributed by atoms with van der Waals surface area (Å²) in [6, 6.07) is 18.4. The highest BCUT2D eigenvalue weighted by Gasteiger charge is 2.29. The summed E-state index contributed by atoms with van der Waals surface area (Å²) in [5, 5.41) is 0. The highest BCUT2D eigenvalue weighted by atomic mass is 16.2. The van der Waals surface area contributed by atoms with Crippen molar-refractivity contribution in [1.82, 2.24) is 14.9 Å². The average Bonchev–Trinajstić information content (AvgIpc) is 2.92. The Bertz CT molecular complexity index is 1190. The zero-order valence-corrected chi connectivity index (χ0v) is 20.9. The van der Waals surface area contributed by atoms with Crippen LogP contribution in [0.15, 0.2) is 54.6 Å². The van der Waals surface area contributed by atoms with Crippen molar-refractivity contribution in [2.45, 2.75) is 26.8 Å². The summed E-state index contributed by atoms with van der Waals surface area (Å²) in [5.74, 6) is 1.83. The first-order valence-corrected chi connectivity index (χ1v) is 12.6. The van der Waals surface area contributed by atoms with Crippen molar-refractivity contribution >= 4 is 23.4 Å². The Morgan fingerprint density at radius 1 is 0.943 bits per heavy atom. The molecule has 1 amide bonds. The number of anilines is 3. The van der Waals surface area contributed by atoms with E-state index in [1.165, 1.54) is 5.69 Å². The van der Waals surface area contributed by atoms with Crippen LogP contribution in [0.25, 0.3) is 0 Å². The van der Waals surface area contributed by atoms with Crippen molar-refractivity contribution in [3.8, 4) is 0 Å². The molecule has 1 fully saturated rings. The molecule has 35 heavy (non-hydrogen) atoms. The highest BCUT2D eigenvalue weighted by molar-refractivity contribution is 5.94. The number of piperazine rings is 1. The number of hydrogen-bond acceptors (Lipinski definition) is 6. The van der Waals surface area contributed by atoms with Crippen molar-refractivity contribution in [2.75, 3.05) is 61.0 Å². The summed E-state index contributed by atoms with van der Waals surface area (Å²) in [4.78, 5) is 32.1. The molecule has 0 radical (unpaired) electrons. The number of para-hydroxylation sites is 1. The molecule has 2 aliphatic heterocycles. The number of aryl methyl sites for hydroxylation is 1. The molecule has 7 nitrogen and oxygen atoms in total. The van der Waals surface area contributed by atoms with E-state index in [1.807, 2.05) is 36.1 Å². The monoisotopic (exact) mass is 470 g/mol. The van der Waals surface area contributed by atoms with Gasteiger partial charge in [-0.15, -0.1) is 0 Å². The molecule has 0 N–H and O–H groups in total. The van der Waals surface area contributed by atoms with Crippen molar-refractivity contribution in [2.24, 2.45) is 0 Å². The van der Waals surface area contributed by atoms with E-state index in [0.717, 1.165) is 73.3 Å². The fourth-order valence-corrected chi connectivity index (χ4v) is 4.93. The molecule has 2 aromatic carbocycles. The van der Waals surface area contributed by atoms with Gasteiger partial charge in [0.15, 0.2) is 0 Å². The molecule has 0 unspecified atom stereocenters. The second kappa shape index (κ2) is 9.94. The van der Waals surface area contributed by atoms with E-state index in [-0.39, 0.29) is 5.91 Å². The number of benzene rings is 2. The van der Waals surface area contributed by atoms with Gasteiger partial charge < -0.3 is 19.6 Å². The summed E-state index contributed by atoms with van der Waals surface area (Å²) in [7, 11) is 2.07. The quantitative estimate of drug-likeness (QED) is 0.566. The van der Waals surface area contributed by atoms with Crippen LogP contribution in [0.3, 0.4) is 0 Å². The summed E-state index contributed by atoms with van der Waals surface area (Å²) in [6.45, 7) is 9.89. The summed E-state index contributed by atoms with van der Waals surface area (Å²) in [5.41, 5.74) is 5.26. The van der Waals surface area contributed by atoms with Gasteiger partial charge in [0.2, 0.25) is 5.95 Å². The third-order valence-electron chi connectivity index (χ3n) is 7.10. The van der Waals surface area contributed by atoms with E-state index in [4.69, 9.17) is 9.97 Å². The van der Waals surface area contributed by atoms with E-state index in [0.29, 0.717) is 13.1 Å². The lowest BCUT2D eigenvalue weighted by Crippen LogP contribution is -2.47. The Labute approximate surface area is 208 Å². The van der Waals surface area contributed by atoms with Gasteiger partial charge in [0.05, 0.1) is 12.2 Å². The number of hydrogen-bond donors (Lipinski definition) is 0. The SMILES string of the molecule is CCN(C)c1nc(N2CCN(c3ccccc3)CC2)nc2c1CN(C(=O)c1cccc(C)c1)CC2. The third-order valence-corrected chi connectivity index (χ3v) is 7.10. The first kappa shape index (κ1) is 23.1. The maximum atomic E-state index is 13.2. The van der Waals surface area contributed by atoms with Crippen LogP contribution in [-0.4, -0.2) is 67.1 Å². The largest absolute Gasteiger partial charge is 0.368 e. The van der Waals surface area contributed by atoms with Crippen LogP contribution in [0.2, 0.25) is 0 Å². The third kappa shape index (κ3) is 4.81. The molecule has 0 aliphatic carbocycles. The van der Waals surface area contributed by atoms with Crippen molar-refractivity contribution < 1.29 is 4.79 Å². The van der Waals surface area contributed by atoms with Crippen LogP contribution in [0.5, 0.6) is 0 Å². The van der Waals surface area contributed by atoms with Gasteiger partial charge in [-0.25, -0.2) is 4.98 Å². The van der Waals surface area contributed by atoms with Gasteiger partial charge in [0.25, 0.3) is 5.91 Å². The Kier molecular flexibility index (Phi) is 6.57. The molecule has 0 atom stereocenters. The van der Waals surface area contributed by atoms with Gasteiger partial charge in [0.1, 0.15) is 5.82 Å². The Morgan fingerprint density at radius 2 is 1.69 bits per heavy atom. The molecule has 182 valence electrons. The molecule has 3 aromatic rings. The molecule has 0 bridgehead atoms. The molecule has 1 saturated heterocycles. The molecule has 0 saturated carbocycles. The van der Waals surface area contributed by atoms with Crippen LogP contribution in [0, 0.1) is 6.92 Å². The zero-order valence-electron chi connectivity index (χ0n) is 20.9. The normalized spacial score (nSPS) is 15.7. The van der Waals surface area contributed by atoms with E-state index in [9.17, 15) is 4.79 Å². The van der Waals surface area contributed by atoms with Gasteiger partial charge in [-0.1, -0.05) is 35.9 Å². The lowest BCUT2D eigenvalue weighted by Gasteiger charge is -2.37. The highest BCUT2D eigenvalue weighted by Crippen LogP contribution is 2.30. The molecule has 0 spiro atoms. The molecule has 3 heterocycles. The topological polar surface area (TPSA) is 55.8 Å². The molecule has 1 aromatic heterocycles. The summed E-state index contributed by atoms with van der Waals surface area (Å²) < 4.78 is 0. The van der Waals surface area contributed by atoms with Gasteiger partial charge in [-0.2, -0.15) is 4.98 Å². The second-order valence-electron chi connectivity index (χ2n) is 9.44. The van der Waals surface area contributed by atoms with Gasteiger partial charge in [-0.05, 0) is 38.1 Å². The predicted molar refractivity (Wildman–Crippen MR) is 141 cm³/mol. The van der Waals surface area contributed by atoms with E-state index >= 15 is 0 Å². The number of aromatic nitrogens is 2. The lowest BCUT2D eigenvalue weighted by molar-refractivity contribution is 0.0733. The summed E-state index contributed by atoms with van der Waals surface area (Å²) in [6.07, 6.45) is 0.747. The van der Waals surface area contributed by atoms with E-state index in [1.54, 1.807) is 0 Å². The maximum absolute atomic E-state index is 13.2. The van der Waals surface area contributed by atoms with Crippen LogP contribution >= 0.6 is 0 Å². The number of amides is 1. The van der Waals surface area contributed by atoms with Gasteiger partial charge >= 0.3 is 0 Å². The zero-order chi connectivity index (χ0) is 24.4. The van der Waals surface area contributed by atoms with Crippen LogP contribution in [-0.2, 0) is 13.0 Å². The first-order chi connectivity index (χ1) is 17.0. The Balaban J connectivity index is 1.37. The molecular formula is C28H34N6O. The number of fused-ring (bicyclic) bond motifs is 1. The van der Waals surface area contributed by atoms with Crippen molar-refractivity contribution in [3.05, 3.63) is 77.0 Å². The minimum absolute atomic E-state index is 0.0746. The van der Waals surface area contributed by atoms with Crippen molar-refractivity contribution in [1.29, 1.82) is 0 Å². The average molecular weight is 471 g/mol. The number of carbonyl (C=O) groups is 1. The molecule has 5 rings (SSSR count). The number of rotatable bonds is 5. The molecule has 2 aliphatic rings. The molecular weight excluding hydrogens is 436 g/mol. The van der Waals surface area contributed by atoms with E-state index in [2.05, 4.69) is 59.0 Å². The fraction of sp³-hybridized carbons (Fsp3) is 0.393. The van der Waals surface area contributed by atoms with Crippen LogP contribution in [0.1, 0.15) is 34.1 Å². The molecule has 7 heteroatoms. The standard InChI is InChI=1S/C28H34N6O/c1-4-31(3)26-24-20-34(27(35)22-10-8-9-21(2)19-22)14-13-25(24)29-28(30-26)33-17-15-32(16-18-33)23-11-6-5-7-12-23/h5-12,19H,4,13-18,20H2,1-3H3. The maximum Gasteiger partial charge on any atom is 0.254 e. The minimum Gasteiger partial charge on any atom is -0.368 e. The number of nitrogens with zero attached hydrogens (tertiary/aromatic N) is 6. The second-order valence-corrected chi connectivity index (χ2v) is 9.44. The van der Waals surface area contributed by atoms with Crippen molar-refractivity contribution in [3.63, 3.8) is 0 Å². The van der Waals surface area contributed by atoms with Gasteiger partial charge in [-0.3, -0.25) is 4.79 Å². The summed E-state index contributed by atoms with van der Waals surface area (Å²) >= 11 is 0. The Hall–Kier alpha value is -3.61. The minimum atomic E-state index is 0.0746. The van der Waals surface area contributed by atoms with E-state index < -0.39 is 0 Å². The van der Waals surface area contributed by atoms with Crippen LogP contribution in [0.4, 0.5) is 17.5 Å². The lowest BCUT2D eigenvalue weighted by atomic mass is 10.0. The Morgan fingerprint density at radius 3 is 2.40 bits per heavy atom. The predicted octanol–water partition coefficient (Wildman–Crippen LogP) is 3.77. The smallest absolute Gasteiger partial charge is 0.254 e. The fourth-order valence-electron chi connectivity index (χ4n) is 4.93. The first-order valence-electron chi connectivity index (χ1n) is 12.6. The van der Waals surface area contributed by atoms with Crippen LogP contribution < -0.4 is 14.7 Å².